The lowest BCUT2D eigenvalue weighted by Crippen LogP contribution is -2.04. The van der Waals surface area contributed by atoms with E-state index in [2.05, 4.69) is 15.5 Å². The van der Waals surface area contributed by atoms with Gasteiger partial charge in [-0.15, -0.1) is 10.2 Å². The van der Waals surface area contributed by atoms with Crippen molar-refractivity contribution in [1.82, 2.24) is 10.2 Å². The molecule has 1 N–H and O–H groups in total. The zero-order chi connectivity index (χ0) is 8.27. The molecule has 0 atom stereocenters. The summed E-state index contributed by atoms with van der Waals surface area (Å²) in [5.74, 6) is -0.108. The highest BCUT2D eigenvalue weighted by atomic mass is 32.1. The second-order valence-electron chi connectivity index (χ2n) is 2.04. The van der Waals surface area contributed by atoms with Gasteiger partial charge in [0, 0.05) is 6.92 Å². The highest BCUT2D eigenvalue weighted by Gasteiger charge is 2.01. The van der Waals surface area contributed by atoms with Gasteiger partial charge in [-0.3, -0.25) is 4.79 Å². The number of nitrogens with one attached hydrogen (secondary N) is 1. The smallest absolute Gasteiger partial charge is 0.223 e. The molecule has 60 valence electrons. The Kier molecular flexibility index (Phi) is 2.53. The van der Waals surface area contributed by atoms with Crippen molar-refractivity contribution in [3.63, 3.8) is 0 Å². The van der Waals surface area contributed by atoms with E-state index in [4.69, 9.17) is 0 Å². The SMILES string of the molecule is CCc1nnc(NC(C)=O)s1. The van der Waals surface area contributed by atoms with Crippen molar-refractivity contribution in [2.75, 3.05) is 5.32 Å². The number of nitrogens with zero attached hydrogens (tertiary/aromatic N) is 2. The van der Waals surface area contributed by atoms with Gasteiger partial charge in [-0.25, -0.2) is 0 Å². The molecule has 11 heavy (non-hydrogen) atoms. The molecular weight excluding hydrogens is 162 g/mol. The summed E-state index contributed by atoms with van der Waals surface area (Å²) in [6, 6.07) is 0. The van der Waals surface area contributed by atoms with Crippen molar-refractivity contribution in [1.29, 1.82) is 0 Å². The number of aromatic nitrogens is 2. The van der Waals surface area contributed by atoms with Crippen molar-refractivity contribution in [3.05, 3.63) is 5.01 Å². The monoisotopic (exact) mass is 171 g/mol. The van der Waals surface area contributed by atoms with Gasteiger partial charge in [0.2, 0.25) is 11.0 Å². The summed E-state index contributed by atoms with van der Waals surface area (Å²) in [5.41, 5.74) is 0. The van der Waals surface area contributed by atoms with Crippen LogP contribution in [0.15, 0.2) is 0 Å². The Morgan fingerprint density at radius 1 is 1.64 bits per heavy atom. The number of carbonyl (C=O) groups excluding carboxylic acids is 1. The average molecular weight is 171 g/mol. The van der Waals surface area contributed by atoms with Crippen LogP contribution in [-0.4, -0.2) is 16.1 Å². The molecule has 0 spiro atoms. The molecule has 1 aromatic heterocycles. The Morgan fingerprint density at radius 2 is 2.36 bits per heavy atom. The molecule has 0 saturated carbocycles. The van der Waals surface area contributed by atoms with Crippen LogP contribution in [-0.2, 0) is 11.2 Å². The molecule has 0 aromatic carbocycles. The average Bonchev–Trinajstić information content (AvgIpc) is 2.34. The fraction of sp³-hybridized carbons (Fsp3) is 0.500. The molecule has 0 bridgehead atoms. The molecule has 0 aliphatic rings. The van der Waals surface area contributed by atoms with E-state index in [1.54, 1.807) is 0 Å². The van der Waals surface area contributed by atoms with E-state index < -0.39 is 0 Å². The first-order valence-corrected chi connectivity index (χ1v) is 4.14. The number of rotatable bonds is 2. The summed E-state index contributed by atoms with van der Waals surface area (Å²) in [7, 11) is 0. The van der Waals surface area contributed by atoms with Crippen LogP contribution >= 0.6 is 11.3 Å². The van der Waals surface area contributed by atoms with Crippen LogP contribution in [0.4, 0.5) is 5.13 Å². The van der Waals surface area contributed by atoms with E-state index in [9.17, 15) is 4.79 Å². The van der Waals surface area contributed by atoms with Gasteiger partial charge < -0.3 is 5.32 Å². The maximum absolute atomic E-state index is 10.5. The molecule has 0 radical (unpaired) electrons. The summed E-state index contributed by atoms with van der Waals surface area (Å²) >= 11 is 1.41. The van der Waals surface area contributed by atoms with Gasteiger partial charge in [-0.1, -0.05) is 18.3 Å². The molecule has 5 heteroatoms. The number of amides is 1. The standard InChI is InChI=1S/C6H9N3OS/c1-3-5-8-9-6(11-5)7-4(2)10/h3H2,1-2H3,(H,7,9,10). The van der Waals surface area contributed by atoms with Gasteiger partial charge in [-0.05, 0) is 6.42 Å². The fourth-order valence-corrected chi connectivity index (χ4v) is 1.32. The van der Waals surface area contributed by atoms with Crippen LogP contribution in [0, 0.1) is 0 Å². The van der Waals surface area contributed by atoms with Gasteiger partial charge in [-0.2, -0.15) is 0 Å². The number of hydrogen-bond donors (Lipinski definition) is 1. The third kappa shape index (κ3) is 2.27. The molecule has 0 unspecified atom stereocenters. The molecule has 0 aliphatic carbocycles. The Hall–Kier alpha value is -0.970. The molecule has 0 saturated heterocycles. The van der Waals surface area contributed by atoms with E-state index in [1.165, 1.54) is 18.3 Å². The van der Waals surface area contributed by atoms with Crippen LogP contribution in [0.2, 0.25) is 0 Å². The summed E-state index contributed by atoms with van der Waals surface area (Å²) in [4.78, 5) is 10.5. The molecule has 1 aromatic rings. The van der Waals surface area contributed by atoms with Gasteiger partial charge in [0.25, 0.3) is 0 Å². The minimum atomic E-state index is -0.108. The van der Waals surface area contributed by atoms with Crippen LogP contribution in [0.3, 0.4) is 0 Å². The summed E-state index contributed by atoms with van der Waals surface area (Å²) < 4.78 is 0. The van der Waals surface area contributed by atoms with Crippen molar-refractivity contribution < 1.29 is 4.79 Å². The summed E-state index contributed by atoms with van der Waals surface area (Å²) in [5, 5.41) is 11.7. The number of hydrogen-bond acceptors (Lipinski definition) is 4. The number of anilines is 1. The van der Waals surface area contributed by atoms with Crippen LogP contribution in [0.1, 0.15) is 18.9 Å². The normalized spacial score (nSPS) is 9.64. The van der Waals surface area contributed by atoms with Crippen molar-refractivity contribution in [2.45, 2.75) is 20.3 Å². The van der Waals surface area contributed by atoms with Crippen LogP contribution in [0.25, 0.3) is 0 Å². The van der Waals surface area contributed by atoms with E-state index in [0.29, 0.717) is 5.13 Å². The first-order valence-electron chi connectivity index (χ1n) is 3.32. The Labute approximate surface area is 68.7 Å². The zero-order valence-corrected chi connectivity index (χ0v) is 7.23. The molecule has 1 rings (SSSR count). The van der Waals surface area contributed by atoms with Gasteiger partial charge >= 0.3 is 0 Å². The maximum atomic E-state index is 10.5. The van der Waals surface area contributed by atoms with Crippen LogP contribution < -0.4 is 5.32 Å². The van der Waals surface area contributed by atoms with Crippen molar-refractivity contribution >= 4 is 22.4 Å². The van der Waals surface area contributed by atoms with Crippen LogP contribution in [0.5, 0.6) is 0 Å². The first kappa shape index (κ1) is 8.13. The predicted molar refractivity (Wildman–Crippen MR) is 43.6 cm³/mol. The second kappa shape index (κ2) is 3.43. The minimum absolute atomic E-state index is 0.108. The molecule has 1 amide bonds. The number of aryl methyl sites for hydroxylation is 1. The zero-order valence-electron chi connectivity index (χ0n) is 6.42. The summed E-state index contributed by atoms with van der Waals surface area (Å²) in [6.45, 7) is 3.45. The van der Waals surface area contributed by atoms with E-state index >= 15 is 0 Å². The highest BCUT2D eigenvalue weighted by molar-refractivity contribution is 7.15. The minimum Gasteiger partial charge on any atom is -0.301 e. The van der Waals surface area contributed by atoms with Crippen molar-refractivity contribution in [3.8, 4) is 0 Å². The third-order valence-electron chi connectivity index (χ3n) is 1.05. The first-order chi connectivity index (χ1) is 5.22. The Balaban J connectivity index is 2.65. The second-order valence-corrected chi connectivity index (χ2v) is 3.10. The van der Waals surface area contributed by atoms with Gasteiger partial charge in [0.05, 0.1) is 0 Å². The fourth-order valence-electron chi connectivity index (χ4n) is 0.598. The summed E-state index contributed by atoms with van der Waals surface area (Å²) in [6.07, 6.45) is 0.858. The van der Waals surface area contributed by atoms with E-state index in [0.717, 1.165) is 11.4 Å². The highest BCUT2D eigenvalue weighted by Crippen LogP contribution is 2.14. The Morgan fingerprint density at radius 3 is 2.82 bits per heavy atom. The quantitative estimate of drug-likeness (QED) is 0.723. The molecule has 0 aliphatic heterocycles. The lowest BCUT2D eigenvalue weighted by Gasteiger charge is -1.90. The maximum Gasteiger partial charge on any atom is 0.223 e. The van der Waals surface area contributed by atoms with Crippen molar-refractivity contribution in [2.24, 2.45) is 0 Å². The third-order valence-corrected chi connectivity index (χ3v) is 2.04. The van der Waals surface area contributed by atoms with Gasteiger partial charge in [0.15, 0.2) is 0 Å². The van der Waals surface area contributed by atoms with Gasteiger partial charge in [0.1, 0.15) is 5.01 Å². The molecule has 4 nitrogen and oxygen atoms in total. The number of carbonyl (C=O) groups is 1. The molecule has 1 heterocycles. The Bertz CT molecular complexity index is 258. The largest absolute Gasteiger partial charge is 0.301 e. The molecule has 0 fully saturated rings. The lowest BCUT2D eigenvalue weighted by atomic mass is 10.5. The van der Waals surface area contributed by atoms with E-state index in [-0.39, 0.29) is 5.91 Å². The predicted octanol–water partition coefficient (Wildman–Crippen LogP) is 1.06. The molecular formula is C6H9N3OS. The lowest BCUT2D eigenvalue weighted by molar-refractivity contribution is -0.114. The van der Waals surface area contributed by atoms with E-state index in [1.807, 2.05) is 6.92 Å². The topological polar surface area (TPSA) is 54.9 Å².